The Morgan fingerprint density at radius 3 is 2.63 bits per heavy atom. The molecule has 0 aliphatic carbocycles. The minimum atomic E-state index is -4.59. The standard InChI is InChI=1S/C22H16F3N7O3/c1-12-8-27-19(6-15(12)22(23,24)25)31-21(34)18-5-14(32-35-18)10-28-20(33)17-7-16(29-11-30-17)13-3-2-4-26-9-13/h2-9,11H,10H2,1H3,(H,28,33)(H,27,31,34). The molecule has 0 unspecified atom stereocenters. The van der Waals surface area contributed by atoms with Crippen molar-refractivity contribution >= 4 is 17.6 Å². The smallest absolute Gasteiger partial charge is 0.351 e. The summed E-state index contributed by atoms with van der Waals surface area (Å²) in [4.78, 5) is 40.7. The highest BCUT2D eigenvalue weighted by atomic mass is 19.4. The molecule has 0 saturated carbocycles. The first-order chi connectivity index (χ1) is 16.7. The molecule has 0 fully saturated rings. The molecule has 0 atom stereocenters. The summed E-state index contributed by atoms with van der Waals surface area (Å²) >= 11 is 0. The Balaban J connectivity index is 1.38. The molecule has 0 bridgehead atoms. The van der Waals surface area contributed by atoms with Gasteiger partial charge < -0.3 is 15.2 Å². The van der Waals surface area contributed by atoms with E-state index in [9.17, 15) is 22.8 Å². The van der Waals surface area contributed by atoms with Gasteiger partial charge in [-0.1, -0.05) is 5.16 Å². The van der Waals surface area contributed by atoms with Crippen LogP contribution in [0.2, 0.25) is 0 Å². The molecular formula is C22H16F3N7O3. The Labute approximate surface area is 195 Å². The molecule has 4 heterocycles. The third-order valence-corrected chi connectivity index (χ3v) is 4.72. The maximum Gasteiger partial charge on any atom is 0.416 e. The average molecular weight is 483 g/mol. The van der Waals surface area contributed by atoms with Crippen molar-refractivity contribution in [3.63, 3.8) is 0 Å². The first-order valence-electron chi connectivity index (χ1n) is 10.0. The van der Waals surface area contributed by atoms with Gasteiger partial charge in [-0.3, -0.25) is 14.6 Å². The second-order valence-corrected chi connectivity index (χ2v) is 7.23. The molecular weight excluding hydrogens is 467 g/mol. The fourth-order valence-electron chi connectivity index (χ4n) is 2.99. The molecule has 0 aliphatic rings. The number of carbonyl (C=O) groups is 2. The zero-order valence-corrected chi connectivity index (χ0v) is 18.0. The van der Waals surface area contributed by atoms with E-state index in [1.54, 1.807) is 24.5 Å². The molecule has 35 heavy (non-hydrogen) atoms. The van der Waals surface area contributed by atoms with Gasteiger partial charge in [0.05, 0.1) is 17.8 Å². The zero-order chi connectivity index (χ0) is 25.0. The molecule has 0 saturated heterocycles. The third-order valence-electron chi connectivity index (χ3n) is 4.72. The van der Waals surface area contributed by atoms with Crippen LogP contribution >= 0.6 is 0 Å². The number of aryl methyl sites for hydroxylation is 1. The Hall–Kier alpha value is -4.68. The lowest BCUT2D eigenvalue weighted by Crippen LogP contribution is -2.24. The van der Waals surface area contributed by atoms with Crippen LogP contribution in [0.15, 0.2) is 59.8 Å². The molecule has 10 nitrogen and oxygen atoms in total. The maximum atomic E-state index is 13.1. The molecule has 0 radical (unpaired) electrons. The van der Waals surface area contributed by atoms with Gasteiger partial charge in [0.15, 0.2) is 0 Å². The number of nitrogens with zero attached hydrogens (tertiary/aromatic N) is 5. The normalized spacial score (nSPS) is 11.2. The highest BCUT2D eigenvalue weighted by Gasteiger charge is 2.33. The Bertz CT molecular complexity index is 1370. The van der Waals surface area contributed by atoms with E-state index in [2.05, 4.69) is 35.7 Å². The van der Waals surface area contributed by atoms with Crippen LogP contribution in [0, 0.1) is 6.92 Å². The van der Waals surface area contributed by atoms with Crippen molar-refractivity contribution in [3.05, 3.63) is 83.5 Å². The van der Waals surface area contributed by atoms with E-state index in [4.69, 9.17) is 4.52 Å². The number of anilines is 1. The molecule has 4 rings (SSSR count). The lowest BCUT2D eigenvalue weighted by molar-refractivity contribution is -0.138. The summed E-state index contributed by atoms with van der Waals surface area (Å²) in [5.74, 6) is -1.94. The van der Waals surface area contributed by atoms with E-state index in [1.807, 2.05) is 0 Å². The number of nitrogens with one attached hydrogen (secondary N) is 2. The number of aromatic nitrogens is 5. The highest BCUT2D eigenvalue weighted by Crippen LogP contribution is 2.32. The Morgan fingerprint density at radius 1 is 1.06 bits per heavy atom. The predicted octanol–water partition coefficient (Wildman–Crippen LogP) is 3.43. The van der Waals surface area contributed by atoms with Gasteiger partial charge >= 0.3 is 6.18 Å². The van der Waals surface area contributed by atoms with E-state index < -0.39 is 23.6 Å². The van der Waals surface area contributed by atoms with Crippen molar-refractivity contribution < 1.29 is 27.3 Å². The third kappa shape index (κ3) is 5.63. The van der Waals surface area contributed by atoms with Crippen LogP contribution in [-0.4, -0.2) is 36.9 Å². The van der Waals surface area contributed by atoms with Gasteiger partial charge in [-0.15, -0.1) is 0 Å². The van der Waals surface area contributed by atoms with Crippen molar-refractivity contribution in [1.82, 2.24) is 30.4 Å². The summed E-state index contributed by atoms with van der Waals surface area (Å²) in [6.07, 6.45) is 0.877. The molecule has 2 amide bonds. The zero-order valence-electron chi connectivity index (χ0n) is 18.0. The largest absolute Gasteiger partial charge is 0.416 e. The number of halogens is 3. The van der Waals surface area contributed by atoms with Crippen LogP contribution in [0.4, 0.5) is 19.0 Å². The van der Waals surface area contributed by atoms with Crippen LogP contribution < -0.4 is 10.6 Å². The number of alkyl halides is 3. The molecule has 2 N–H and O–H groups in total. The summed E-state index contributed by atoms with van der Waals surface area (Å²) in [7, 11) is 0. The lowest BCUT2D eigenvalue weighted by atomic mass is 10.1. The maximum absolute atomic E-state index is 13.1. The molecule has 4 aromatic heterocycles. The van der Waals surface area contributed by atoms with Crippen LogP contribution in [0.1, 0.15) is 37.9 Å². The average Bonchev–Trinajstić information content (AvgIpc) is 3.33. The highest BCUT2D eigenvalue weighted by molar-refractivity contribution is 6.01. The monoisotopic (exact) mass is 483 g/mol. The van der Waals surface area contributed by atoms with Crippen LogP contribution in [0.25, 0.3) is 11.3 Å². The summed E-state index contributed by atoms with van der Waals surface area (Å²) in [5, 5.41) is 8.51. The van der Waals surface area contributed by atoms with Gasteiger partial charge in [-0.2, -0.15) is 13.2 Å². The summed E-state index contributed by atoms with van der Waals surface area (Å²) in [6, 6.07) is 6.99. The summed E-state index contributed by atoms with van der Waals surface area (Å²) < 4.78 is 44.1. The van der Waals surface area contributed by atoms with E-state index in [1.165, 1.54) is 25.4 Å². The quantitative estimate of drug-likeness (QED) is 0.426. The second kappa shape index (κ2) is 9.67. The van der Waals surface area contributed by atoms with Gasteiger partial charge in [-0.25, -0.2) is 15.0 Å². The van der Waals surface area contributed by atoms with Crippen molar-refractivity contribution in [3.8, 4) is 11.3 Å². The molecule has 0 aromatic carbocycles. The number of pyridine rings is 2. The van der Waals surface area contributed by atoms with E-state index >= 15 is 0 Å². The Morgan fingerprint density at radius 2 is 1.89 bits per heavy atom. The molecule has 13 heteroatoms. The number of hydrogen-bond donors (Lipinski definition) is 2. The van der Waals surface area contributed by atoms with Crippen LogP contribution in [0.3, 0.4) is 0 Å². The van der Waals surface area contributed by atoms with Crippen molar-refractivity contribution in [1.29, 1.82) is 0 Å². The van der Waals surface area contributed by atoms with E-state index in [0.717, 1.165) is 12.3 Å². The van der Waals surface area contributed by atoms with E-state index in [0.29, 0.717) is 11.3 Å². The minimum absolute atomic E-state index is 0.0792. The van der Waals surface area contributed by atoms with E-state index in [-0.39, 0.29) is 35.1 Å². The minimum Gasteiger partial charge on any atom is -0.351 e. The number of amides is 2. The molecule has 0 spiro atoms. The van der Waals surface area contributed by atoms with Crippen molar-refractivity contribution in [2.24, 2.45) is 0 Å². The SMILES string of the molecule is Cc1cnc(NC(=O)c2cc(CNC(=O)c3cc(-c4cccnc4)ncn3)no2)cc1C(F)(F)F. The molecule has 0 aliphatic heterocycles. The topological polar surface area (TPSA) is 136 Å². The predicted molar refractivity (Wildman–Crippen MR) is 115 cm³/mol. The summed E-state index contributed by atoms with van der Waals surface area (Å²) in [6.45, 7) is 1.17. The number of hydrogen-bond acceptors (Lipinski definition) is 8. The first kappa shape index (κ1) is 23.5. The fourth-order valence-corrected chi connectivity index (χ4v) is 2.99. The van der Waals surface area contributed by atoms with Crippen LogP contribution in [-0.2, 0) is 12.7 Å². The fraction of sp³-hybridized carbons (Fsp3) is 0.136. The number of rotatable bonds is 6. The van der Waals surface area contributed by atoms with Crippen LogP contribution in [0.5, 0.6) is 0 Å². The Kier molecular flexibility index (Phi) is 6.48. The second-order valence-electron chi connectivity index (χ2n) is 7.23. The molecule has 178 valence electrons. The first-order valence-corrected chi connectivity index (χ1v) is 10.0. The van der Waals surface area contributed by atoms with Crippen molar-refractivity contribution in [2.75, 3.05) is 5.32 Å². The summed E-state index contributed by atoms with van der Waals surface area (Å²) in [5.41, 5.74) is 0.535. The van der Waals surface area contributed by atoms with Crippen molar-refractivity contribution in [2.45, 2.75) is 19.6 Å². The number of carbonyl (C=O) groups excluding carboxylic acids is 2. The van der Waals surface area contributed by atoms with Gasteiger partial charge in [0, 0.05) is 30.2 Å². The van der Waals surface area contributed by atoms with Gasteiger partial charge in [-0.05, 0) is 36.8 Å². The van der Waals surface area contributed by atoms with Gasteiger partial charge in [0.2, 0.25) is 5.76 Å². The molecule has 4 aromatic rings. The lowest BCUT2D eigenvalue weighted by Gasteiger charge is -2.11. The van der Waals surface area contributed by atoms with Gasteiger partial charge in [0.1, 0.15) is 23.5 Å². The van der Waals surface area contributed by atoms with Gasteiger partial charge in [0.25, 0.3) is 11.8 Å².